The Morgan fingerprint density at radius 2 is 2.19 bits per heavy atom. The first-order chi connectivity index (χ1) is 7.73. The second-order valence-corrected chi connectivity index (χ2v) is 4.48. The molecule has 1 aliphatic rings. The lowest BCUT2D eigenvalue weighted by Gasteiger charge is -2.33. The quantitative estimate of drug-likeness (QED) is 0.767. The number of hydrogen-bond acceptors (Lipinski definition) is 3. The summed E-state index contributed by atoms with van der Waals surface area (Å²) in [6.07, 6.45) is 4.67. The van der Waals surface area contributed by atoms with E-state index in [9.17, 15) is 5.11 Å². The molecule has 0 aromatic heterocycles. The lowest BCUT2D eigenvalue weighted by Crippen LogP contribution is -2.51. The maximum Gasteiger partial charge on any atom is 0.151 e. The monoisotopic (exact) mass is 221 g/mol. The van der Waals surface area contributed by atoms with Crippen LogP contribution in [0.4, 0.5) is 0 Å². The second kappa shape index (κ2) is 4.85. The molecule has 1 unspecified atom stereocenters. The fourth-order valence-corrected chi connectivity index (χ4v) is 2.06. The van der Waals surface area contributed by atoms with Gasteiger partial charge in [0.1, 0.15) is 0 Å². The number of hydroxylamine groups is 1. The van der Waals surface area contributed by atoms with E-state index < -0.39 is 5.72 Å². The molecule has 0 radical (unpaired) electrons. The lowest BCUT2D eigenvalue weighted by atomic mass is 9.96. The zero-order valence-electron chi connectivity index (χ0n) is 9.70. The van der Waals surface area contributed by atoms with Crippen LogP contribution in [0.5, 0.6) is 5.75 Å². The minimum absolute atomic E-state index is 0.618. The van der Waals surface area contributed by atoms with Crippen molar-refractivity contribution in [2.24, 2.45) is 0 Å². The number of hydrogen-bond donors (Lipinski definition) is 2. The fourth-order valence-electron chi connectivity index (χ4n) is 2.06. The van der Waals surface area contributed by atoms with E-state index in [2.05, 4.69) is 12.4 Å². The largest absolute Gasteiger partial charge is 0.406 e. The predicted molar refractivity (Wildman–Crippen MR) is 63.0 cm³/mol. The third-order valence-corrected chi connectivity index (χ3v) is 3.00. The molecule has 0 amide bonds. The molecule has 1 aromatic rings. The molecule has 3 nitrogen and oxygen atoms in total. The minimum Gasteiger partial charge on any atom is -0.406 e. The van der Waals surface area contributed by atoms with Gasteiger partial charge in [-0.2, -0.15) is 0 Å². The van der Waals surface area contributed by atoms with Crippen molar-refractivity contribution in [1.29, 1.82) is 0 Å². The third kappa shape index (κ3) is 2.54. The fraction of sp³-hybridized carbons (Fsp3) is 0.538. The highest BCUT2D eigenvalue weighted by atomic mass is 16.7. The Hall–Kier alpha value is -1.06. The van der Waals surface area contributed by atoms with E-state index in [-0.39, 0.29) is 0 Å². The molecule has 88 valence electrons. The summed E-state index contributed by atoms with van der Waals surface area (Å²) in [5.41, 5.74) is 2.94. The van der Waals surface area contributed by atoms with Gasteiger partial charge in [0.05, 0.1) is 0 Å². The van der Waals surface area contributed by atoms with Crippen LogP contribution in [0.2, 0.25) is 0 Å². The minimum atomic E-state index is -0.899. The predicted octanol–water partition coefficient (Wildman–Crippen LogP) is 2.40. The number of aliphatic hydroxyl groups is 1. The first-order valence-electron chi connectivity index (χ1n) is 5.98. The Bertz CT molecular complexity index is 354. The van der Waals surface area contributed by atoms with E-state index in [0.29, 0.717) is 6.42 Å². The van der Waals surface area contributed by atoms with Gasteiger partial charge in [0, 0.05) is 12.0 Å². The summed E-state index contributed by atoms with van der Waals surface area (Å²) in [6.45, 7) is 2.16. The Kier molecular flexibility index (Phi) is 3.46. The maximum atomic E-state index is 10.3. The van der Waals surface area contributed by atoms with Crippen molar-refractivity contribution in [3.8, 4) is 5.75 Å². The van der Waals surface area contributed by atoms with Gasteiger partial charge >= 0.3 is 0 Å². The van der Waals surface area contributed by atoms with Crippen LogP contribution in [-0.2, 0) is 6.42 Å². The number of benzene rings is 1. The van der Waals surface area contributed by atoms with Crippen molar-refractivity contribution in [3.05, 3.63) is 29.8 Å². The van der Waals surface area contributed by atoms with Crippen LogP contribution < -0.4 is 10.3 Å². The van der Waals surface area contributed by atoms with Crippen molar-refractivity contribution < 1.29 is 9.94 Å². The smallest absolute Gasteiger partial charge is 0.151 e. The number of rotatable bonds is 4. The van der Waals surface area contributed by atoms with E-state index in [1.54, 1.807) is 0 Å². The Morgan fingerprint density at radius 3 is 3.00 bits per heavy atom. The van der Waals surface area contributed by atoms with Crippen LogP contribution in [0.3, 0.4) is 0 Å². The van der Waals surface area contributed by atoms with Gasteiger partial charge in [-0.25, -0.2) is 0 Å². The van der Waals surface area contributed by atoms with Gasteiger partial charge in [0.25, 0.3) is 0 Å². The molecule has 3 heteroatoms. The molecule has 0 saturated heterocycles. The first kappa shape index (κ1) is 11.4. The SMILES string of the molecule is CCCCCC1(O)Cc2ccccc2ON1. The summed E-state index contributed by atoms with van der Waals surface area (Å²) in [4.78, 5) is 5.37. The van der Waals surface area contributed by atoms with Crippen molar-refractivity contribution in [1.82, 2.24) is 5.48 Å². The maximum absolute atomic E-state index is 10.3. The van der Waals surface area contributed by atoms with Gasteiger partial charge in [-0.15, -0.1) is 5.48 Å². The summed E-state index contributed by atoms with van der Waals surface area (Å²) in [5, 5.41) is 10.3. The molecule has 1 aromatic carbocycles. The standard InChI is InChI=1S/C13H19NO2/c1-2-3-6-9-13(15)10-11-7-4-5-8-12(11)16-14-13/h4-5,7-8,14-15H,2-3,6,9-10H2,1H3. The molecule has 0 fully saturated rings. The van der Waals surface area contributed by atoms with Crippen LogP contribution >= 0.6 is 0 Å². The van der Waals surface area contributed by atoms with Gasteiger partial charge in [-0.3, -0.25) is 0 Å². The number of fused-ring (bicyclic) bond motifs is 1. The Balaban J connectivity index is 2.00. The molecule has 1 heterocycles. The van der Waals surface area contributed by atoms with Gasteiger partial charge in [-0.1, -0.05) is 38.0 Å². The van der Waals surface area contributed by atoms with Crippen LogP contribution in [0.15, 0.2) is 24.3 Å². The van der Waals surface area contributed by atoms with Crippen LogP contribution in [0.25, 0.3) is 0 Å². The van der Waals surface area contributed by atoms with Gasteiger partial charge in [-0.05, 0) is 18.9 Å². The van der Waals surface area contributed by atoms with Crippen LogP contribution in [0.1, 0.15) is 38.2 Å². The number of nitrogens with one attached hydrogen (secondary N) is 1. The highest BCUT2D eigenvalue weighted by Gasteiger charge is 2.32. The zero-order chi connectivity index (χ0) is 11.4. The average molecular weight is 221 g/mol. The molecule has 16 heavy (non-hydrogen) atoms. The van der Waals surface area contributed by atoms with Crippen molar-refractivity contribution in [2.75, 3.05) is 0 Å². The Morgan fingerprint density at radius 1 is 1.38 bits per heavy atom. The van der Waals surface area contributed by atoms with Gasteiger partial charge in [0.15, 0.2) is 11.5 Å². The molecular formula is C13H19NO2. The summed E-state index contributed by atoms with van der Waals surface area (Å²) in [5.74, 6) is 0.822. The van der Waals surface area contributed by atoms with E-state index in [0.717, 1.165) is 37.0 Å². The zero-order valence-corrected chi connectivity index (χ0v) is 9.70. The molecule has 0 aliphatic carbocycles. The molecule has 2 rings (SSSR count). The average Bonchev–Trinajstić information content (AvgIpc) is 2.29. The number of para-hydroxylation sites is 1. The van der Waals surface area contributed by atoms with Crippen molar-refractivity contribution >= 4 is 0 Å². The van der Waals surface area contributed by atoms with E-state index in [1.807, 2.05) is 24.3 Å². The summed E-state index contributed by atoms with van der Waals surface area (Å²) < 4.78 is 0. The first-order valence-corrected chi connectivity index (χ1v) is 5.98. The molecule has 0 spiro atoms. The summed E-state index contributed by atoms with van der Waals surface area (Å²) >= 11 is 0. The van der Waals surface area contributed by atoms with E-state index in [1.165, 1.54) is 0 Å². The highest BCUT2D eigenvalue weighted by Crippen LogP contribution is 2.29. The summed E-state index contributed by atoms with van der Waals surface area (Å²) in [7, 11) is 0. The molecule has 0 saturated carbocycles. The summed E-state index contributed by atoms with van der Waals surface area (Å²) in [6, 6.07) is 7.82. The topological polar surface area (TPSA) is 41.5 Å². The van der Waals surface area contributed by atoms with E-state index >= 15 is 0 Å². The number of unbranched alkanes of at least 4 members (excludes halogenated alkanes) is 2. The third-order valence-electron chi connectivity index (χ3n) is 3.00. The Labute approximate surface area is 96.4 Å². The van der Waals surface area contributed by atoms with E-state index in [4.69, 9.17) is 4.84 Å². The molecular weight excluding hydrogens is 202 g/mol. The lowest BCUT2D eigenvalue weighted by molar-refractivity contribution is -0.0974. The van der Waals surface area contributed by atoms with Crippen LogP contribution in [0, 0.1) is 0 Å². The molecule has 0 bridgehead atoms. The molecule has 2 N–H and O–H groups in total. The van der Waals surface area contributed by atoms with Crippen molar-refractivity contribution in [3.63, 3.8) is 0 Å². The van der Waals surface area contributed by atoms with Crippen LogP contribution in [-0.4, -0.2) is 10.8 Å². The normalized spacial score (nSPS) is 23.6. The molecule has 1 atom stereocenters. The van der Waals surface area contributed by atoms with Crippen molar-refractivity contribution in [2.45, 2.75) is 44.8 Å². The second-order valence-electron chi connectivity index (χ2n) is 4.48. The highest BCUT2D eigenvalue weighted by molar-refractivity contribution is 5.35. The van der Waals surface area contributed by atoms with Gasteiger partial charge < -0.3 is 9.94 Å². The molecule has 1 aliphatic heterocycles. The van der Waals surface area contributed by atoms with Gasteiger partial charge in [0.2, 0.25) is 0 Å².